The molecule has 1 aliphatic heterocycles. The topological polar surface area (TPSA) is 515 Å². The van der Waals surface area contributed by atoms with Crippen molar-refractivity contribution < 1.29 is 152 Å². The highest BCUT2D eigenvalue weighted by Crippen LogP contribution is 2.42. The van der Waals surface area contributed by atoms with E-state index in [0.717, 1.165) is 42.3 Å². The molecule has 0 amide bonds. The molecule has 4 rings (SSSR count). The van der Waals surface area contributed by atoms with Crippen LogP contribution in [0.3, 0.4) is 0 Å². The van der Waals surface area contributed by atoms with E-state index in [1.165, 1.54) is 44.6 Å². The molecule has 0 fully saturated rings. The number of para-hydroxylation sites is 1. The minimum atomic E-state index is -4.15. The van der Waals surface area contributed by atoms with E-state index in [1.54, 1.807) is 36.4 Å². The summed E-state index contributed by atoms with van der Waals surface area (Å²) in [6.07, 6.45) is 0.715. The summed E-state index contributed by atoms with van der Waals surface area (Å²) in [6, 6.07) is 16.7. The van der Waals surface area contributed by atoms with Gasteiger partial charge in [0, 0.05) is 35.4 Å². The fourth-order valence-corrected chi connectivity index (χ4v) is 3.65. The highest BCUT2D eigenvalue weighted by atomic mass is 32.2. The second kappa shape index (κ2) is 40.7. The van der Waals surface area contributed by atoms with E-state index >= 15 is 0 Å². The molecule has 414 valence electrons. The summed E-state index contributed by atoms with van der Waals surface area (Å²) in [7, 11) is -8.23. The van der Waals surface area contributed by atoms with Gasteiger partial charge in [0.2, 0.25) is 0 Å². The van der Waals surface area contributed by atoms with Crippen LogP contribution in [0.2, 0.25) is 0 Å². The van der Waals surface area contributed by atoms with Crippen molar-refractivity contribution in [1.29, 1.82) is 0 Å². The summed E-state index contributed by atoms with van der Waals surface area (Å²) in [6.45, 7) is 6.20. The summed E-state index contributed by atoms with van der Waals surface area (Å²) >= 11 is 0. The van der Waals surface area contributed by atoms with Gasteiger partial charge in [-0.15, -0.1) is 0 Å². The smallest absolute Gasteiger partial charge is 0.497 e. The second-order valence-electron chi connectivity index (χ2n) is 11.3. The lowest BCUT2D eigenvalue weighted by Gasteiger charge is -2.09. The van der Waals surface area contributed by atoms with E-state index in [4.69, 9.17) is 73.5 Å². The molecule has 36 heteroatoms. The van der Waals surface area contributed by atoms with Gasteiger partial charge in [0.1, 0.15) is 30.8 Å². The Labute approximate surface area is 414 Å². The number of hydrogen-bond donors (Lipinski definition) is 10. The normalized spacial score (nSPS) is 11.2. The molecule has 10 N–H and O–H groups in total. The maximum absolute atomic E-state index is 11.0. The number of esters is 2. The number of fused-ring (bicyclic) bond motifs is 1. The predicted octanol–water partition coefficient (Wildman–Crippen LogP) is 3.03. The fourth-order valence-electron chi connectivity index (χ4n) is 3.04. The highest BCUT2D eigenvalue weighted by molar-refractivity contribution is 7.85. The summed E-state index contributed by atoms with van der Waals surface area (Å²) in [4.78, 5) is 120. The third kappa shape index (κ3) is 44.8. The lowest BCUT2D eigenvalue weighted by atomic mass is 10.1. The Balaban J connectivity index is -0.000000179. The van der Waals surface area contributed by atoms with Gasteiger partial charge in [-0.2, -0.15) is 8.42 Å². The number of cyclic esters (lactones) is 2. The van der Waals surface area contributed by atoms with Crippen LogP contribution in [0.15, 0.2) is 66.7 Å². The lowest BCUT2D eigenvalue weighted by Crippen LogP contribution is -2.19. The monoisotopic (exact) mass is 1130 g/mol. The van der Waals surface area contributed by atoms with Crippen molar-refractivity contribution in [2.24, 2.45) is 5.92 Å². The van der Waals surface area contributed by atoms with Gasteiger partial charge in [-0.1, -0.05) is 18.2 Å². The SMILES string of the molecule is C=O.C=O.CC(=O)O.CC(C(=O)O)C(=O)O.COP(=O)(O)O.COP(=O)(O)OC.COP(=O)(O)Oc1ccccc1.COc1ccc(C(=O)O)c(C(=O)O)c1.COc1ccc2c(c1)C(=O)OC2=O.CS(=O)(=O)O. The Kier molecular flexibility index (Phi) is 43.3. The van der Waals surface area contributed by atoms with Gasteiger partial charge in [0.05, 0.1) is 42.7 Å². The van der Waals surface area contributed by atoms with Gasteiger partial charge < -0.3 is 68.5 Å². The van der Waals surface area contributed by atoms with Crippen LogP contribution in [-0.2, 0) is 70.6 Å². The van der Waals surface area contributed by atoms with Crippen molar-refractivity contribution in [3.8, 4) is 17.2 Å². The number of aliphatic carboxylic acids is 3. The van der Waals surface area contributed by atoms with E-state index in [1.807, 2.05) is 13.6 Å². The first-order valence-electron chi connectivity index (χ1n) is 17.8. The van der Waals surface area contributed by atoms with E-state index in [9.17, 15) is 50.9 Å². The number of carbonyl (C=O) groups is 9. The van der Waals surface area contributed by atoms with Crippen LogP contribution < -0.4 is 14.0 Å². The van der Waals surface area contributed by atoms with Gasteiger partial charge in [-0.25, -0.2) is 32.9 Å². The molecule has 3 aromatic rings. The molecule has 3 aromatic carbocycles. The fraction of sp³-hybridized carbons (Fsp3) is 0.270. The standard InChI is InChI=1S/C9H8O5.C9H6O4.C7H9O4P.C4H6O4.C2H7O4P.C2H4O2.CH5O4P.CH4O3S.2CH2O/c1-14-5-2-3-6(8(10)11)7(4-5)9(12)13;1-12-5-2-3-6-7(4-5)9(11)13-8(6)10;1-10-12(8,9)11-7-5-3-2-4-6-7;1-2(3(5)6)4(7)8;1-5-7(3,4)6-2;1-2(3)4;1-5-6(2,3)4;1-5(2,3)4;2*1-2/h2-4H,1H3,(H,10,11)(H,12,13);2-4H,1H3;2-6H,1H3,(H,8,9);2H,1H3,(H,5,6)(H,7,8);1-2H3,(H,3,4);1H3,(H,3,4);1H3,(H2,2,3,4);1H3,(H,2,3,4);2*1H2. The highest BCUT2D eigenvalue weighted by Gasteiger charge is 2.29. The Morgan fingerprint density at radius 1 is 0.575 bits per heavy atom. The number of phosphoric ester groups is 3. The third-order valence-corrected chi connectivity index (χ3v) is 8.48. The molecule has 0 bridgehead atoms. The Morgan fingerprint density at radius 2 is 0.918 bits per heavy atom. The third-order valence-electron chi connectivity index (χ3n) is 6.17. The summed E-state index contributed by atoms with van der Waals surface area (Å²) < 4.78 is 90.8. The molecule has 0 spiro atoms. The van der Waals surface area contributed by atoms with E-state index < -0.39 is 81.3 Å². The van der Waals surface area contributed by atoms with Crippen LogP contribution in [0.25, 0.3) is 0 Å². The zero-order chi connectivity index (χ0) is 59.1. The van der Waals surface area contributed by atoms with Crippen LogP contribution in [0.5, 0.6) is 17.2 Å². The number of aromatic carboxylic acids is 2. The van der Waals surface area contributed by atoms with Crippen molar-refractivity contribution in [3.63, 3.8) is 0 Å². The molecule has 0 saturated carbocycles. The molecule has 0 radical (unpaired) electrons. The maximum Gasteiger partial charge on any atom is 0.527 e. The van der Waals surface area contributed by atoms with Gasteiger partial charge in [-0.05, 0) is 55.5 Å². The number of methoxy groups -OCH3 is 2. The summed E-state index contributed by atoms with van der Waals surface area (Å²) in [5, 5.41) is 40.7. The molecule has 1 heterocycles. The first-order valence-corrected chi connectivity index (χ1v) is 24.2. The van der Waals surface area contributed by atoms with Crippen LogP contribution in [0, 0.1) is 5.92 Å². The maximum atomic E-state index is 11.0. The second-order valence-corrected chi connectivity index (χ2v) is 17.3. The molecule has 1 atom stereocenters. The van der Waals surface area contributed by atoms with Crippen LogP contribution in [-0.4, -0.2) is 162 Å². The van der Waals surface area contributed by atoms with Crippen LogP contribution in [0.1, 0.15) is 55.3 Å². The van der Waals surface area contributed by atoms with Gasteiger partial charge in [0.25, 0.3) is 16.1 Å². The van der Waals surface area contributed by atoms with Crippen molar-refractivity contribution >= 4 is 88.9 Å². The van der Waals surface area contributed by atoms with Crippen LogP contribution in [0.4, 0.5) is 0 Å². The molecule has 0 saturated heterocycles. The number of carbonyl (C=O) groups excluding carboxylic acids is 4. The average Bonchev–Trinajstić information content (AvgIpc) is 3.61. The van der Waals surface area contributed by atoms with Crippen LogP contribution >= 0.6 is 23.5 Å². The molecule has 0 aliphatic carbocycles. The van der Waals surface area contributed by atoms with Gasteiger partial charge in [0.15, 0.2) is 5.92 Å². The first kappa shape index (κ1) is 77.6. The Bertz CT molecular complexity index is 2400. The molecular formula is C37H53O32P3S. The molecule has 0 aromatic heterocycles. The van der Waals surface area contributed by atoms with E-state index in [0.29, 0.717) is 29.1 Å². The first-order chi connectivity index (χ1) is 33.4. The summed E-state index contributed by atoms with van der Waals surface area (Å²) in [5.41, 5.74) is 0.0327. The van der Waals surface area contributed by atoms with Crippen molar-refractivity contribution in [2.75, 3.05) is 48.9 Å². The number of rotatable bonds is 12. The number of carboxylic acids is 5. The number of carboxylic acid groups (broad SMARTS) is 5. The van der Waals surface area contributed by atoms with E-state index in [2.05, 4.69) is 27.4 Å². The zero-order valence-electron chi connectivity index (χ0n) is 39.5. The molecule has 1 unspecified atom stereocenters. The van der Waals surface area contributed by atoms with Gasteiger partial charge in [-0.3, -0.25) is 41.9 Å². The number of ether oxygens (including phenoxy) is 3. The summed E-state index contributed by atoms with van der Waals surface area (Å²) in [5.74, 6) is -7.36. The zero-order valence-corrected chi connectivity index (χ0v) is 43.0. The largest absolute Gasteiger partial charge is 0.527 e. The Morgan fingerprint density at radius 3 is 1.21 bits per heavy atom. The quantitative estimate of drug-likeness (QED) is 0.0539. The predicted molar refractivity (Wildman–Crippen MR) is 246 cm³/mol. The minimum absolute atomic E-state index is 0.252. The van der Waals surface area contributed by atoms with Crippen molar-refractivity contribution in [2.45, 2.75) is 13.8 Å². The molecule has 32 nitrogen and oxygen atoms in total. The molecular weight excluding hydrogens is 1080 g/mol. The molecule has 73 heavy (non-hydrogen) atoms. The number of benzene rings is 3. The van der Waals surface area contributed by atoms with Crippen molar-refractivity contribution in [3.05, 3.63) is 89.0 Å². The number of hydrogen-bond acceptors (Lipinski definition) is 22. The average molecular weight is 1130 g/mol. The lowest BCUT2D eigenvalue weighted by molar-refractivity contribution is -0.153. The van der Waals surface area contributed by atoms with Crippen molar-refractivity contribution in [1.82, 2.24) is 0 Å². The van der Waals surface area contributed by atoms with Gasteiger partial charge >= 0.3 is 59.3 Å². The Hall–Kier alpha value is -6.83. The molecule has 1 aliphatic rings. The minimum Gasteiger partial charge on any atom is -0.497 e. The van der Waals surface area contributed by atoms with E-state index in [-0.39, 0.29) is 16.7 Å². The number of phosphoric acid groups is 3.